The number of rotatable bonds is 7. The molecule has 0 atom stereocenters. The molecule has 0 saturated heterocycles. The smallest absolute Gasteiger partial charge is 0.275 e. The lowest BCUT2D eigenvalue weighted by atomic mass is 10.2. The standard InChI is InChI=1S/C22H22N6O3/c1-14-18(25-22(31-14)16-8-10-17(30-2)11-9-16)13-28-20(23)19(26-27-28)21(29)24-12-15-6-4-3-5-7-15/h3-11H,12-13,23H2,1-2H3,(H,24,29). The van der Waals surface area contributed by atoms with Crippen LogP contribution in [0.15, 0.2) is 59.0 Å². The van der Waals surface area contributed by atoms with E-state index < -0.39 is 0 Å². The van der Waals surface area contributed by atoms with Crippen LogP contribution in [0, 0.1) is 6.92 Å². The number of hydrogen-bond donors (Lipinski definition) is 2. The van der Waals surface area contributed by atoms with Crippen molar-refractivity contribution in [3.05, 3.63) is 77.3 Å². The molecule has 3 N–H and O–H groups in total. The molecule has 0 fully saturated rings. The van der Waals surface area contributed by atoms with E-state index in [0.717, 1.165) is 16.9 Å². The van der Waals surface area contributed by atoms with Crippen LogP contribution in [0.3, 0.4) is 0 Å². The van der Waals surface area contributed by atoms with Crippen LogP contribution >= 0.6 is 0 Å². The normalized spacial score (nSPS) is 10.8. The highest BCUT2D eigenvalue weighted by Crippen LogP contribution is 2.24. The number of methoxy groups -OCH3 is 1. The van der Waals surface area contributed by atoms with Gasteiger partial charge in [-0.3, -0.25) is 4.79 Å². The molecule has 2 aromatic heterocycles. The first kappa shape index (κ1) is 20.1. The first-order valence-electron chi connectivity index (χ1n) is 9.67. The zero-order valence-corrected chi connectivity index (χ0v) is 17.2. The molecule has 1 amide bonds. The number of aromatic nitrogens is 4. The fourth-order valence-corrected chi connectivity index (χ4v) is 3.03. The Labute approximate surface area is 178 Å². The minimum atomic E-state index is -0.386. The number of aryl methyl sites for hydroxylation is 1. The van der Waals surface area contributed by atoms with Crippen molar-refractivity contribution in [3.8, 4) is 17.2 Å². The molecule has 2 aromatic carbocycles. The Balaban J connectivity index is 1.47. The van der Waals surface area contributed by atoms with E-state index >= 15 is 0 Å². The molecule has 4 aromatic rings. The third-order valence-corrected chi connectivity index (χ3v) is 4.81. The van der Waals surface area contributed by atoms with Gasteiger partial charge in [0.2, 0.25) is 5.89 Å². The highest BCUT2D eigenvalue weighted by molar-refractivity contribution is 5.96. The van der Waals surface area contributed by atoms with Gasteiger partial charge in [0.05, 0.1) is 13.7 Å². The minimum absolute atomic E-state index is 0.0763. The van der Waals surface area contributed by atoms with E-state index in [4.69, 9.17) is 14.9 Å². The summed E-state index contributed by atoms with van der Waals surface area (Å²) in [5.74, 6) is 1.65. The Bertz CT molecular complexity index is 1180. The molecule has 31 heavy (non-hydrogen) atoms. The van der Waals surface area contributed by atoms with Gasteiger partial charge in [0.1, 0.15) is 17.2 Å². The van der Waals surface area contributed by atoms with Crippen molar-refractivity contribution in [3.63, 3.8) is 0 Å². The molecule has 4 rings (SSSR count). The summed E-state index contributed by atoms with van der Waals surface area (Å²) in [6.07, 6.45) is 0. The fraction of sp³-hybridized carbons (Fsp3) is 0.182. The number of anilines is 1. The second kappa shape index (κ2) is 8.70. The van der Waals surface area contributed by atoms with E-state index in [1.807, 2.05) is 61.5 Å². The van der Waals surface area contributed by atoms with Crippen molar-refractivity contribution in [2.45, 2.75) is 20.0 Å². The minimum Gasteiger partial charge on any atom is -0.497 e. The summed E-state index contributed by atoms with van der Waals surface area (Å²) in [4.78, 5) is 17.0. The predicted octanol–water partition coefficient (Wildman–Crippen LogP) is 2.81. The summed E-state index contributed by atoms with van der Waals surface area (Å²) in [7, 11) is 1.61. The summed E-state index contributed by atoms with van der Waals surface area (Å²) in [5.41, 5.74) is 8.65. The van der Waals surface area contributed by atoms with Crippen LogP contribution < -0.4 is 15.8 Å². The fourth-order valence-electron chi connectivity index (χ4n) is 3.03. The van der Waals surface area contributed by atoms with E-state index in [0.29, 0.717) is 23.9 Å². The number of oxazole rings is 1. The largest absolute Gasteiger partial charge is 0.497 e. The number of nitrogens with two attached hydrogens (primary N) is 1. The summed E-state index contributed by atoms with van der Waals surface area (Å²) >= 11 is 0. The zero-order valence-electron chi connectivity index (χ0n) is 17.2. The number of nitrogens with zero attached hydrogens (tertiary/aromatic N) is 4. The third-order valence-electron chi connectivity index (χ3n) is 4.81. The molecule has 0 aliphatic rings. The van der Waals surface area contributed by atoms with Crippen LogP contribution in [0.25, 0.3) is 11.5 Å². The summed E-state index contributed by atoms with van der Waals surface area (Å²) < 4.78 is 12.4. The number of nitrogens with one attached hydrogen (secondary N) is 1. The molecule has 2 heterocycles. The molecular weight excluding hydrogens is 396 g/mol. The van der Waals surface area contributed by atoms with Crippen LogP contribution in [0.1, 0.15) is 27.5 Å². The number of carbonyl (C=O) groups is 1. The van der Waals surface area contributed by atoms with E-state index in [9.17, 15) is 4.79 Å². The maximum Gasteiger partial charge on any atom is 0.275 e. The van der Waals surface area contributed by atoms with Gasteiger partial charge in [-0.2, -0.15) is 0 Å². The average molecular weight is 418 g/mol. The van der Waals surface area contributed by atoms with Crippen molar-refractivity contribution in [2.24, 2.45) is 0 Å². The van der Waals surface area contributed by atoms with Crippen LogP contribution in [0.5, 0.6) is 5.75 Å². The molecule has 0 spiro atoms. The van der Waals surface area contributed by atoms with E-state index in [2.05, 4.69) is 20.6 Å². The highest BCUT2D eigenvalue weighted by atomic mass is 16.5. The van der Waals surface area contributed by atoms with Crippen LogP contribution in [0.2, 0.25) is 0 Å². The van der Waals surface area contributed by atoms with Gasteiger partial charge in [-0.15, -0.1) is 5.10 Å². The topological polar surface area (TPSA) is 121 Å². The number of carbonyl (C=O) groups excluding carboxylic acids is 1. The Morgan fingerprint density at radius 3 is 2.61 bits per heavy atom. The lowest BCUT2D eigenvalue weighted by Crippen LogP contribution is -2.24. The zero-order chi connectivity index (χ0) is 21.8. The molecule has 0 aliphatic carbocycles. The maximum absolute atomic E-state index is 12.5. The van der Waals surface area contributed by atoms with Gasteiger partial charge < -0.3 is 20.2 Å². The molecule has 0 aliphatic heterocycles. The van der Waals surface area contributed by atoms with Gasteiger partial charge in [-0.05, 0) is 36.8 Å². The Hall–Kier alpha value is -4.14. The second-order valence-corrected chi connectivity index (χ2v) is 6.90. The number of nitrogen functional groups attached to an aromatic ring is 1. The van der Waals surface area contributed by atoms with Crippen LogP contribution in [-0.2, 0) is 13.1 Å². The molecule has 0 saturated carbocycles. The number of amides is 1. The second-order valence-electron chi connectivity index (χ2n) is 6.90. The van der Waals surface area contributed by atoms with Crippen LogP contribution in [0.4, 0.5) is 5.82 Å². The SMILES string of the molecule is COc1ccc(-c2nc(Cn3nnc(C(=O)NCc4ccccc4)c3N)c(C)o2)cc1. The highest BCUT2D eigenvalue weighted by Gasteiger charge is 2.19. The quantitative estimate of drug-likeness (QED) is 0.473. The van der Waals surface area contributed by atoms with Gasteiger partial charge >= 0.3 is 0 Å². The van der Waals surface area contributed by atoms with E-state index in [1.54, 1.807) is 7.11 Å². The molecule has 0 unspecified atom stereocenters. The number of benzene rings is 2. The Morgan fingerprint density at radius 1 is 1.16 bits per heavy atom. The van der Waals surface area contributed by atoms with Crippen molar-refractivity contribution in [2.75, 3.05) is 12.8 Å². The Morgan fingerprint density at radius 2 is 1.90 bits per heavy atom. The summed E-state index contributed by atoms with van der Waals surface area (Å²) in [6.45, 7) is 2.42. The van der Waals surface area contributed by atoms with E-state index in [1.165, 1.54) is 4.68 Å². The first-order chi connectivity index (χ1) is 15.0. The molecule has 9 heteroatoms. The predicted molar refractivity (Wildman–Crippen MR) is 114 cm³/mol. The summed E-state index contributed by atoms with van der Waals surface area (Å²) in [5, 5.41) is 10.8. The lowest BCUT2D eigenvalue weighted by molar-refractivity contribution is 0.0946. The lowest BCUT2D eigenvalue weighted by Gasteiger charge is -2.04. The van der Waals surface area contributed by atoms with Gasteiger partial charge in [-0.1, -0.05) is 35.5 Å². The monoisotopic (exact) mass is 418 g/mol. The van der Waals surface area contributed by atoms with Gasteiger partial charge in [0.15, 0.2) is 11.5 Å². The van der Waals surface area contributed by atoms with Crippen LogP contribution in [-0.4, -0.2) is 33.0 Å². The molecule has 9 nitrogen and oxygen atoms in total. The first-order valence-corrected chi connectivity index (χ1v) is 9.67. The molecule has 158 valence electrons. The van der Waals surface area contributed by atoms with Gasteiger partial charge in [0, 0.05) is 12.1 Å². The average Bonchev–Trinajstić information content (AvgIpc) is 3.35. The Kier molecular flexibility index (Phi) is 5.65. The van der Waals surface area contributed by atoms with E-state index in [-0.39, 0.29) is 24.0 Å². The van der Waals surface area contributed by atoms with Gasteiger partial charge in [-0.25, -0.2) is 9.67 Å². The van der Waals surface area contributed by atoms with Crippen molar-refractivity contribution >= 4 is 11.7 Å². The molecular formula is C22H22N6O3. The number of hydrogen-bond acceptors (Lipinski definition) is 7. The van der Waals surface area contributed by atoms with Crippen molar-refractivity contribution in [1.82, 2.24) is 25.3 Å². The maximum atomic E-state index is 12.5. The van der Waals surface area contributed by atoms with Crippen molar-refractivity contribution in [1.29, 1.82) is 0 Å². The summed E-state index contributed by atoms with van der Waals surface area (Å²) in [6, 6.07) is 17.0. The number of ether oxygens (including phenoxy) is 1. The van der Waals surface area contributed by atoms with Crippen molar-refractivity contribution < 1.29 is 13.9 Å². The van der Waals surface area contributed by atoms with Gasteiger partial charge in [0.25, 0.3) is 5.91 Å². The molecule has 0 radical (unpaired) electrons. The molecule has 0 bridgehead atoms. The third kappa shape index (κ3) is 4.40.